The van der Waals surface area contributed by atoms with Gasteiger partial charge in [0.05, 0.1) is 12.2 Å². The Labute approximate surface area is 163 Å². The minimum Gasteiger partial charge on any atom is -0.506 e. The van der Waals surface area contributed by atoms with Crippen molar-refractivity contribution in [3.63, 3.8) is 0 Å². The normalized spacial score (nSPS) is 11.5. The van der Waals surface area contributed by atoms with Gasteiger partial charge in [-0.1, -0.05) is 37.6 Å². The number of benzene rings is 2. The van der Waals surface area contributed by atoms with Crippen LogP contribution >= 0.6 is 0 Å². The van der Waals surface area contributed by atoms with Crippen LogP contribution in [0.2, 0.25) is 0 Å². The summed E-state index contributed by atoms with van der Waals surface area (Å²) in [7, 11) is 0. The quantitative estimate of drug-likeness (QED) is 0.533. The smallest absolute Gasteiger partial charge is 0.423 e. The van der Waals surface area contributed by atoms with Crippen LogP contribution in [0.3, 0.4) is 0 Å². The van der Waals surface area contributed by atoms with Crippen molar-refractivity contribution in [2.75, 3.05) is 6.61 Å². The second-order valence-electron chi connectivity index (χ2n) is 6.61. The Morgan fingerprint density at radius 2 is 1.61 bits per heavy atom. The average Bonchev–Trinajstić information content (AvgIpc) is 2.62. The lowest BCUT2D eigenvalue weighted by molar-refractivity contribution is -0.140. The number of halogens is 3. The van der Waals surface area contributed by atoms with Gasteiger partial charge >= 0.3 is 6.18 Å². The van der Waals surface area contributed by atoms with E-state index in [2.05, 4.69) is 19.1 Å². The maximum absolute atomic E-state index is 13.3. The van der Waals surface area contributed by atoms with Crippen molar-refractivity contribution < 1.29 is 27.8 Å². The fourth-order valence-corrected chi connectivity index (χ4v) is 3.10. The molecule has 0 fully saturated rings. The number of ketones is 1. The molecule has 0 atom stereocenters. The zero-order chi connectivity index (χ0) is 20.7. The Morgan fingerprint density at radius 3 is 2.14 bits per heavy atom. The lowest BCUT2D eigenvalue weighted by Crippen LogP contribution is -2.12. The maximum atomic E-state index is 13.3. The number of ether oxygens (including phenoxy) is 1. The summed E-state index contributed by atoms with van der Waals surface area (Å²) < 4.78 is 44.8. The molecule has 2 aromatic carbocycles. The van der Waals surface area contributed by atoms with Gasteiger partial charge in [0.2, 0.25) is 0 Å². The molecule has 2 rings (SSSR count). The van der Waals surface area contributed by atoms with Crippen LogP contribution in [-0.4, -0.2) is 17.5 Å². The van der Waals surface area contributed by atoms with Crippen LogP contribution in [0.1, 0.15) is 60.2 Å². The maximum Gasteiger partial charge on any atom is 0.423 e. The molecule has 0 bridgehead atoms. The van der Waals surface area contributed by atoms with Gasteiger partial charge in [0.1, 0.15) is 17.1 Å². The Hall–Kier alpha value is -2.50. The Kier molecular flexibility index (Phi) is 7.49. The van der Waals surface area contributed by atoms with Gasteiger partial charge in [-0.15, -0.1) is 0 Å². The summed E-state index contributed by atoms with van der Waals surface area (Å²) in [4.78, 5) is 12.4. The molecule has 1 N–H and O–H groups in total. The summed E-state index contributed by atoms with van der Waals surface area (Å²) in [5.41, 5.74) is 0.696. The van der Waals surface area contributed by atoms with Gasteiger partial charge in [0, 0.05) is 6.42 Å². The molecule has 0 amide bonds. The summed E-state index contributed by atoms with van der Waals surface area (Å²) in [6.07, 6.45) is -1.56. The highest BCUT2D eigenvalue weighted by Gasteiger charge is 2.39. The topological polar surface area (TPSA) is 46.5 Å². The van der Waals surface area contributed by atoms with Crippen molar-refractivity contribution in [3.8, 4) is 11.5 Å². The van der Waals surface area contributed by atoms with E-state index in [4.69, 9.17) is 4.74 Å². The number of aromatic hydroxyl groups is 1. The molecule has 0 heterocycles. The number of alkyl halides is 3. The van der Waals surface area contributed by atoms with Crippen molar-refractivity contribution in [2.45, 2.75) is 52.1 Å². The zero-order valence-electron chi connectivity index (χ0n) is 16.1. The molecule has 0 spiro atoms. The fraction of sp³-hybridized carbons (Fsp3) is 0.409. The minimum atomic E-state index is -4.81. The summed E-state index contributed by atoms with van der Waals surface area (Å²) in [6, 6.07) is 10.4. The van der Waals surface area contributed by atoms with Gasteiger partial charge < -0.3 is 9.84 Å². The molecular formula is C22H25F3O3. The molecule has 0 aromatic heterocycles. The van der Waals surface area contributed by atoms with E-state index in [0.29, 0.717) is 12.8 Å². The molecule has 0 saturated heterocycles. The third-order valence-electron chi connectivity index (χ3n) is 4.45. The number of Topliss-reactive ketones (excluding diaryl/α,β-unsaturated/α-hetero) is 1. The van der Waals surface area contributed by atoms with Crippen molar-refractivity contribution >= 4 is 5.78 Å². The monoisotopic (exact) mass is 394 g/mol. The van der Waals surface area contributed by atoms with E-state index in [1.165, 1.54) is 11.6 Å². The predicted molar refractivity (Wildman–Crippen MR) is 102 cm³/mol. The fourth-order valence-electron chi connectivity index (χ4n) is 3.10. The number of carbonyl (C=O) groups excluding carboxylic acids is 1. The van der Waals surface area contributed by atoms with Crippen LogP contribution in [-0.2, 0) is 19.0 Å². The number of hydrogen-bond donors (Lipinski definition) is 1. The first-order chi connectivity index (χ1) is 13.3. The molecule has 28 heavy (non-hydrogen) atoms. The number of phenolic OH excluding ortho intramolecular Hbond substituents is 1. The predicted octanol–water partition coefficient (Wildman–Crippen LogP) is 5.97. The highest BCUT2D eigenvalue weighted by Crippen LogP contribution is 2.44. The van der Waals surface area contributed by atoms with Gasteiger partial charge in [0.25, 0.3) is 0 Å². The molecule has 0 unspecified atom stereocenters. The van der Waals surface area contributed by atoms with E-state index < -0.39 is 29.0 Å². The molecule has 2 aromatic rings. The lowest BCUT2D eigenvalue weighted by Gasteiger charge is -2.16. The van der Waals surface area contributed by atoms with Gasteiger partial charge in [0.15, 0.2) is 5.78 Å². The highest BCUT2D eigenvalue weighted by atomic mass is 19.4. The lowest BCUT2D eigenvalue weighted by atomic mass is 9.98. The Balaban J connectivity index is 2.07. The first-order valence-corrected chi connectivity index (χ1v) is 9.44. The molecule has 6 heteroatoms. The molecule has 3 nitrogen and oxygen atoms in total. The summed E-state index contributed by atoms with van der Waals surface area (Å²) in [5.74, 6) is -2.06. The number of hydrogen-bond acceptors (Lipinski definition) is 3. The van der Waals surface area contributed by atoms with Crippen LogP contribution in [0.15, 0.2) is 36.4 Å². The van der Waals surface area contributed by atoms with Crippen molar-refractivity contribution in [2.24, 2.45) is 0 Å². The number of carbonyl (C=O) groups is 1. The number of phenols is 1. The molecule has 0 aliphatic heterocycles. The number of aryl methyl sites for hydroxylation is 2. The Morgan fingerprint density at radius 1 is 1.00 bits per heavy atom. The molecule has 152 valence electrons. The minimum absolute atomic E-state index is 0.0207. The van der Waals surface area contributed by atoms with E-state index in [1.54, 1.807) is 6.92 Å². The molecule has 0 radical (unpaired) electrons. The van der Waals surface area contributed by atoms with Crippen molar-refractivity contribution in [1.82, 2.24) is 0 Å². The van der Waals surface area contributed by atoms with E-state index in [1.807, 2.05) is 12.1 Å². The van der Waals surface area contributed by atoms with E-state index >= 15 is 0 Å². The molecule has 0 aliphatic carbocycles. The van der Waals surface area contributed by atoms with E-state index in [0.717, 1.165) is 24.5 Å². The third-order valence-corrected chi connectivity index (χ3v) is 4.45. The largest absolute Gasteiger partial charge is 0.506 e. The van der Waals surface area contributed by atoms with Crippen LogP contribution in [0, 0.1) is 0 Å². The average molecular weight is 394 g/mol. The summed E-state index contributed by atoms with van der Waals surface area (Å²) in [5, 5.41) is 10.1. The highest BCUT2D eigenvalue weighted by molar-refractivity contribution is 5.99. The molecule has 0 aliphatic rings. The van der Waals surface area contributed by atoms with Gasteiger partial charge in [-0.3, -0.25) is 4.79 Å². The molecular weight excluding hydrogens is 369 g/mol. The van der Waals surface area contributed by atoms with Gasteiger partial charge in [-0.2, -0.15) is 13.2 Å². The van der Waals surface area contributed by atoms with Crippen LogP contribution in [0.25, 0.3) is 0 Å². The van der Waals surface area contributed by atoms with Gasteiger partial charge in [-0.05, 0) is 49.4 Å². The first kappa shape index (κ1) is 21.8. The zero-order valence-corrected chi connectivity index (χ0v) is 16.1. The van der Waals surface area contributed by atoms with Crippen LogP contribution < -0.4 is 4.74 Å². The SMILES string of the molecule is CCCc1ccc(CCCC(=O)c2ccc(OCC)c(C(F)(F)F)c2O)cc1. The summed E-state index contributed by atoms with van der Waals surface area (Å²) >= 11 is 0. The molecule has 0 saturated carbocycles. The number of rotatable bonds is 9. The second kappa shape index (κ2) is 9.62. The van der Waals surface area contributed by atoms with Crippen molar-refractivity contribution in [1.29, 1.82) is 0 Å². The van der Waals surface area contributed by atoms with Crippen LogP contribution in [0.5, 0.6) is 11.5 Å². The van der Waals surface area contributed by atoms with Crippen LogP contribution in [0.4, 0.5) is 13.2 Å². The van der Waals surface area contributed by atoms with E-state index in [9.17, 15) is 23.1 Å². The first-order valence-electron chi connectivity index (χ1n) is 9.44. The second-order valence-corrected chi connectivity index (χ2v) is 6.61. The van der Waals surface area contributed by atoms with Gasteiger partial charge in [-0.25, -0.2) is 0 Å². The standard InChI is InChI=1S/C22H25F3O3/c1-3-6-15-9-11-16(12-10-15)7-5-8-18(26)17-13-14-19(28-4-2)20(21(17)27)22(23,24)25/h9-14,27H,3-8H2,1-2H3. The Bertz CT molecular complexity index is 796. The third kappa shape index (κ3) is 5.50. The van der Waals surface area contributed by atoms with E-state index in [-0.39, 0.29) is 18.6 Å². The van der Waals surface area contributed by atoms with Crippen molar-refractivity contribution in [3.05, 3.63) is 58.7 Å². The summed E-state index contributed by atoms with van der Waals surface area (Å²) in [6.45, 7) is 3.68.